The van der Waals surface area contributed by atoms with Gasteiger partial charge in [0.15, 0.2) is 0 Å². The molecule has 1 aromatic heterocycles. The van der Waals surface area contributed by atoms with Gasteiger partial charge >= 0.3 is 0 Å². The molecule has 3 heterocycles. The average molecular weight is 435 g/mol. The summed E-state index contributed by atoms with van der Waals surface area (Å²) in [5.74, 6) is -0.106. The summed E-state index contributed by atoms with van der Waals surface area (Å²) in [5.41, 5.74) is 10.0. The van der Waals surface area contributed by atoms with Crippen molar-refractivity contribution < 1.29 is 14.7 Å². The van der Waals surface area contributed by atoms with Crippen LogP contribution in [0.25, 0.3) is 11.3 Å². The predicted octanol–water partition coefficient (Wildman–Crippen LogP) is 2.86. The molecule has 3 aliphatic rings. The van der Waals surface area contributed by atoms with Crippen LogP contribution in [0, 0.1) is 11.8 Å². The van der Waals surface area contributed by atoms with E-state index in [-0.39, 0.29) is 12.2 Å². The van der Waals surface area contributed by atoms with Gasteiger partial charge in [-0.1, -0.05) is 25.0 Å². The van der Waals surface area contributed by atoms with Gasteiger partial charge in [0.05, 0.1) is 5.69 Å². The maximum atomic E-state index is 12.5. The van der Waals surface area contributed by atoms with Crippen LogP contribution in [-0.4, -0.2) is 35.0 Å². The Morgan fingerprint density at radius 2 is 1.97 bits per heavy atom. The average Bonchev–Trinajstić information content (AvgIpc) is 3.61. The van der Waals surface area contributed by atoms with Gasteiger partial charge < -0.3 is 21.5 Å². The van der Waals surface area contributed by atoms with Crippen molar-refractivity contribution in [2.45, 2.75) is 50.9 Å². The van der Waals surface area contributed by atoms with E-state index in [4.69, 9.17) is 10.7 Å². The van der Waals surface area contributed by atoms with Crippen molar-refractivity contribution in [1.82, 2.24) is 10.3 Å². The number of benzene rings is 1. The molecule has 0 radical (unpaired) electrons. The number of carbonyl (C=O) groups excluding carboxylic acids is 2. The number of phenols is 1. The summed E-state index contributed by atoms with van der Waals surface area (Å²) in [5, 5.41) is 17.0. The normalized spacial score (nSPS) is 21.1. The zero-order valence-corrected chi connectivity index (χ0v) is 18.2. The van der Waals surface area contributed by atoms with E-state index >= 15 is 0 Å². The highest BCUT2D eigenvalue weighted by Crippen LogP contribution is 2.41. The van der Waals surface area contributed by atoms with Gasteiger partial charge in [0, 0.05) is 5.56 Å². The molecule has 1 saturated heterocycles. The minimum Gasteiger partial charge on any atom is -0.507 e. The molecule has 1 saturated carbocycles. The van der Waals surface area contributed by atoms with E-state index in [1.54, 1.807) is 6.07 Å². The molecule has 7 heteroatoms. The second-order valence-electron chi connectivity index (χ2n) is 9.39. The van der Waals surface area contributed by atoms with E-state index in [1.807, 2.05) is 6.07 Å². The van der Waals surface area contributed by atoms with Gasteiger partial charge in [0.25, 0.3) is 0 Å². The number of pyridine rings is 1. The van der Waals surface area contributed by atoms with Crippen molar-refractivity contribution in [3.63, 3.8) is 0 Å². The first-order valence-corrected chi connectivity index (χ1v) is 11.7. The summed E-state index contributed by atoms with van der Waals surface area (Å²) >= 11 is 0. The molecule has 5 rings (SSSR count). The Kier molecular flexibility index (Phi) is 5.59. The Hall–Kier alpha value is -2.93. The number of amides is 2. The molecule has 2 amide bonds. The Labute approximate surface area is 187 Å². The second-order valence-corrected chi connectivity index (χ2v) is 9.39. The Balaban J connectivity index is 1.61. The number of aryl methyl sites for hydroxylation is 1. The number of primary amides is 1. The highest BCUT2D eigenvalue weighted by Gasteiger charge is 2.35. The van der Waals surface area contributed by atoms with E-state index in [1.165, 1.54) is 12.8 Å². The van der Waals surface area contributed by atoms with Crippen LogP contribution in [-0.2, 0) is 22.4 Å². The Morgan fingerprint density at radius 1 is 1.19 bits per heavy atom. The molecule has 7 nitrogen and oxygen atoms in total. The maximum absolute atomic E-state index is 12.5. The fourth-order valence-corrected chi connectivity index (χ4v) is 5.12. The lowest BCUT2D eigenvalue weighted by Crippen LogP contribution is -2.40. The van der Waals surface area contributed by atoms with Crippen LogP contribution in [0.5, 0.6) is 5.75 Å². The SMILES string of the molecule is NC(=O)C1Cc2c(C3CCNCC3)cc(-c3c(O)cccc3CCC3CC3)nc2NC1=O. The first kappa shape index (κ1) is 20.9. The third kappa shape index (κ3) is 4.09. The van der Waals surface area contributed by atoms with Crippen LogP contribution in [0.1, 0.15) is 54.7 Å². The lowest BCUT2D eigenvalue weighted by atomic mass is 9.82. The van der Waals surface area contributed by atoms with Crippen LogP contribution in [0.3, 0.4) is 0 Å². The van der Waals surface area contributed by atoms with Gasteiger partial charge in [-0.15, -0.1) is 0 Å². The van der Waals surface area contributed by atoms with Crippen molar-refractivity contribution >= 4 is 17.6 Å². The molecular formula is C25H30N4O3. The zero-order chi connectivity index (χ0) is 22.2. The van der Waals surface area contributed by atoms with Crippen molar-refractivity contribution in [1.29, 1.82) is 0 Å². The number of nitrogens with two attached hydrogens (primary N) is 1. The van der Waals surface area contributed by atoms with E-state index in [0.29, 0.717) is 17.4 Å². The van der Waals surface area contributed by atoms with E-state index in [0.717, 1.165) is 66.9 Å². The number of rotatable bonds is 6. The van der Waals surface area contributed by atoms with Crippen LogP contribution in [0.2, 0.25) is 0 Å². The molecule has 168 valence electrons. The number of hydrogen-bond acceptors (Lipinski definition) is 5. The number of phenolic OH excluding ortho intramolecular Hbond substituents is 1. The van der Waals surface area contributed by atoms with E-state index in [2.05, 4.69) is 22.8 Å². The number of hydrogen-bond donors (Lipinski definition) is 4. The maximum Gasteiger partial charge on any atom is 0.238 e. The lowest BCUT2D eigenvalue weighted by molar-refractivity contribution is -0.130. The molecule has 1 aromatic carbocycles. The third-order valence-corrected chi connectivity index (χ3v) is 7.15. The van der Waals surface area contributed by atoms with Crippen molar-refractivity contribution in [3.05, 3.63) is 41.0 Å². The summed E-state index contributed by atoms with van der Waals surface area (Å²) in [7, 11) is 0. The first-order chi connectivity index (χ1) is 15.5. The second kappa shape index (κ2) is 8.54. The molecule has 5 N–H and O–H groups in total. The summed E-state index contributed by atoms with van der Waals surface area (Å²) in [4.78, 5) is 29.2. The van der Waals surface area contributed by atoms with Crippen LogP contribution < -0.4 is 16.4 Å². The summed E-state index contributed by atoms with van der Waals surface area (Å²) in [6, 6.07) is 7.71. The molecular weight excluding hydrogens is 404 g/mol. The number of aromatic hydroxyl groups is 1. The number of nitrogens with zero attached hydrogens (tertiary/aromatic N) is 1. The minimum absolute atomic E-state index is 0.208. The monoisotopic (exact) mass is 434 g/mol. The number of anilines is 1. The van der Waals surface area contributed by atoms with Crippen molar-refractivity contribution in [3.8, 4) is 17.0 Å². The summed E-state index contributed by atoms with van der Waals surface area (Å²) < 4.78 is 0. The van der Waals surface area contributed by atoms with Gasteiger partial charge in [-0.05, 0) is 85.9 Å². The fourth-order valence-electron chi connectivity index (χ4n) is 5.12. The standard InChI is InChI=1S/C25H30N4O3/c26-23(31)19-12-18-17(15-8-10-27-11-9-15)13-20(28-24(18)29-25(19)32)22-16(2-1-3-21(22)30)7-6-14-4-5-14/h1-3,13-15,19,27,30H,4-12H2,(H2,26,31)(H,28,29,32). The Morgan fingerprint density at radius 3 is 2.69 bits per heavy atom. The van der Waals surface area contributed by atoms with Crippen LogP contribution in [0.4, 0.5) is 5.82 Å². The molecule has 32 heavy (non-hydrogen) atoms. The van der Waals surface area contributed by atoms with Gasteiger partial charge in [-0.25, -0.2) is 4.98 Å². The molecule has 1 unspecified atom stereocenters. The molecule has 0 bridgehead atoms. The lowest BCUT2D eigenvalue weighted by Gasteiger charge is -2.30. The Bertz CT molecular complexity index is 1060. The van der Waals surface area contributed by atoms with Gasteiger partial charge in [0.2, 0.25) is 11.8 Å². The van der Waals surface area contributed by atoms with Crippen molar-refractivity contribution in [2.75, 3.05) is 18.4 Å². The third-order valence-electron chi connectivity index (χ3n) is 7.15. The molecule has 2 fully saturated rings. The van der Waals surface area contributed by atoms with E-state index in [9.17, 15) is 14.7 Å². The quantitative estimate of drug-likeness (QED) is 0.522. The van der Waals surface area contributed by atoms with Gasteiger partial charge in [-0.3, -0.25) is 9.59 Å². The van der Waals surface area contributed by atoms with Crippen LogP contribution >= 0.6 is 0 Å². The van der Waals surface area contributed by atoms with Crippen LogP contribution in [0.15, 0.2) is 24.3 Å². The largest absolute Gasteiger partial charge is 0.507 e. The minimum atomic E-state index is -0.880. The highest BCUT2D eigenvalue weighted by atomic mass is 16.3. The highest BCUT2D eigenvalue weighted by molar-refractivity contribution is 6.08. The van der Waals surface area contributed by atoms with Gasteiger partial charge in [-0.2, -0.15) is 0 Å². The number of fused-ring (bicyclic) bond motifs is 1. The smallest absolute Gasteiger partial charge is 0.238 e. The topological polar surface area (TPSA) is 117 Å². The molecule has 1 aliphatic carbocycles. The predicted molar refractivity (Wildman–Crippen MR) is 122 cm³/mol. The summed E-state index contributed by atoms with van der Waals surface area (Å²) in [6.45, 7) is 1.85. The van der Waals surface area contributed by atoms with Gasteiger partial charge in [0.1, 0.15) is 17.5 Å². The van der Waals surface area contributed by atoms with E-state index < -0.39 is 17.7 Å². The molecule has 2 aliphatic heterocycles. The molecule has 1 atom stereocenters. The summed E-state index contributed by atoms with van der Waals surface area (Å²) in [6.07, 6.45) is 6.81. The fraction of sp³-hybridized carbons (Fsp3) is 0.480. The first-order valence-electron chi connectivity index (χ1n) is 11.7. The van der Waals surface area contributed by atoms with Crippen molar-refractivity contribution in [2.24, 2.45) is 17.6 Å². The number of carbonyl (C=O) groups is 2. The number of piperidine rings is 1. The zero-order valence-electron chi connectivity index (χ0n) is 18.2. The number of nitrogens with one attached hydrogen (secondary N) is 2. The molecule has 0 spiro atoms. The molecule has 2 aromatic rings. The number of aromatic nitrogens is 1.